The molecule has 122 valence electrons. The highest BCUT2D eigenvalue weighted by Crippen LogP contribution is 2.22. The predicted molar refractivity (Wildman–Crippen MR) is 95.1 cm³/mol. The highest BCUT2D eigenvalue weighted by atomic mass is 16.5. The largest absolute Gasteiger partial charge is 0.480 e. The number of carbonyl (C=O) groups is 1. The van der Waals surface area contributed by atoms with Gasteiger partial charge in [0.1, 0.15) is 5.75 Å². The minimum atomic E-state index is -0.499. The van der Waals surface area contributed by atoms with E-state index >= 15 is 0 Å². The van der Waals surface area contributed by atoms with Crippen LogP contribution in [0.2, 0.25) is 0 Å². The Labute approximate surface area is 138 Å². The second-order valence-corrected chi connectivity index (χ2v) is 5.78. The van der Waals surface area contributed by atoms with Crippen LogP contribution in [0.4, 0.5) is 5.69 Å². The number of hydrogen-bond donors (Lipinski definition) is 1. The zero-order chi connectivity index (χ0) is 16.8. The Kier molecular flexibility index (Phi) is 5.80. The Morgan fingerprint density at radius 1 is 1.13 bits per heavy atom. The number of nitrogens with one attached hydrogen (secondary N) is 1. The molecular formula is C20H25NO2. The molecule has 2 aromatic rings. The Balaban J connectivity index is 2.12. The molecule has 0 saturated heterocycles. The lowest BCUT2D eigenvalue weighted by molar-refractivity contribution is -0.122. The molecule has 2 rings (SSSR count). The van der Waals surface area contributed by atoms with Crippen molar-refractivity contribution in [3.63, 3.8) is 0 Å². The SMILES string of the molecule is CCc1ccccc1NC(=O)C(CC)Oc1ccc(C)cc1C. The molecule has 0 bridgehead atoms. The van der Waals surface area contributed by atoms with Crippen LogP contribution in [0.15, 0.2) is 42.5 Å². The first-order valence-electron chi connectivity index (χ1n) is 8.17. The number of hydrogen-bond acceptors (Lipinski definition) is 2. The summed E-state index contributed by atoms with van der Waals surface area (Å²) in [5.74, 6) is 0.662. The first-order valence-corrected chi connectivity index (χ1v) is 8.17. The molecule has 2 aromatic carbocycles. The van der Waals surface area contributed by atoms with E-state index in [2.05, 4.69) is 18.3 Å². The van der Waals surface area contributed by atoms with E-state index in [1.165, 1.54) is 5.56 Å². The lowest BCUT2D eigenvalue weighted by Gasteiger charge is -2.19. The zero-order valence-corrected chi connectivity index (χ0v) is 14.3. The van der Waals surface area contributed by atoms with Crippen LogP contribution in [-0.4, -0.2) is 12.0 Å². The quantitative estimate of drug-likeness (QED) is 0.842. The Morgan fingerprint density at radius 2 is 1.87 bits per heavy atom. The van der Waals surface area contributed by atoms with Crippen LogP contribution in [0.25, 0.3) is 0 Å². The Bertz CT molecular complexity index is 679. The highest BCUT2D eigenvalue weighted by Gasteiger charge is 2.20. The fourth-order valence-corrected chi connectivity index (χ4v) is 2.57. The fourth-order valence-electron chi connectivity index (χ4n) is 2.57. The molecule has 1 atom stereocenters. The van der Waals surface area contributed by atoms with E-state index in [4.69, 9.17) is 4.74 Å². The average molecular weight is 311 g/mol. The van der Waals surface area contributed by atoms with Gasteiger partial charge in [-0.1, -0.05) is 49.7 Å². The number of benzene rings is 2. The van der Waals surface area contributed by atoms with Gasteiger partial charge in [-0.2, -0.15) is 0 Å². The minimum Gasteiger partial charge on any atom is -0.480 e. The molecule has 0 aliphatic rings. The maximum atomic E-state index is 12.6. The summed E-state index contributed by atoms with van der Waals surface area (Å²) in [6.07, 6.45) is 1.000. The summed E-state index contributed by atoms with van der Waals surface area (Å²) >= 11 is 0. The van der Waals surface area contributed by atoms with Crippen LogP contribution < -0.4 is 10.1 Å². The van der Waals surface area contributed by atoms with Crippen molar-refractivity contribution in [1.29, 1.82) is 0 Å². The topological polar surface area (TPSA) is 38.3 Å². The van der Waals surface area contributed by atoms with Crippen LogP contribution >= 0.6 is 0 Å². The van der Waals surface area contributed by atoms with Crippen LogP contribution in [0.5, 0.6) is 5.75 Å². The molecule has 3 nitrogen and oxygen atoms in total. The third-order valence-electron chi connectivity index (χ3n) is 3.92. The molecule has 0 spiro atoms. The molecule has 0 heterocycles. The van der Waals surface area contributed by atoms with Crippen LogP contribution in [0.1, 0.15) is 37.0 Å². The van der Waals surface area contributed by atoms with Gasteiger partial charge >= 0.3 is 0 Å². The third kappa shape index (κ3) is 4.35. The van der Waals surface area contributed by atoms with Gasteiger partial charge in [-0.25, -0.2) is 0 Å². The van der Waals surface area contributed by atoms with E-state index < -0.39 is 6.10 Å². The van der Waals surface area contributed by atoms with Gasteiger partial charge in [0.25, 0.3) is 5.91 Å². The van der Waals surface area contributed by atoms with Gasteiger partial charge in [-0.3, -0.25) is 4.79 Å². The van der Waals surface area contributed by atoms with E-state index in [0.717, 1.165) is 29.0 Å². The average Bonchev–Trinajstić information content (AvgIpc) is 2.54. The number of aryl methyl sites for hydroxylation is 3. The molecule has 1 N–H and O–H groups in total. The number of amides is 1. The smallest absolute Gasteiger partial charge is 0.265 e. The maximum absolute atomic E-state index is 12.6. The molecule has 0 aliphatic carbocycles. The van der Waals surface area contributed by atoms with Gasteiger partial charge in [0.05, 0.1) is 0 Å². The highest BCUT2D eigenvalue weighted by molar-refractivity contribution is 5.95. The van der Waals surface area contributed by atoms with E-state index in [-0.39, 0.29) is 5.91 Å². The van der Waals surface area contributed by atoms with Crippen molar-refractivity contribution in [2.45, 2.75) is 46.6 Å². The van der Waals surface area contributed by atoms with E-state index in [0.29, 0.717) is 6.42 Å². The monoisotopic (exact) mass is 311 g/mol. The predicted octanol–water partition coefficient (Wildman–Crippen LogP) is 4.66. The third-order valence-corrected chi connectivity index (χ3v) is 3.92. The van der Waals surface area contributed by atoms with Crippen molar-refractivity contribution >= 4 is 11.6 Å². The number of anilines is 1. The number of para-hydroxylation sites is 1. The Hall–Kier alpha value is -2.29. The van der Waals surface area contributed by atoms with Crippen molar-refractivity contribution in [2.24, 2.45) is 0 Å². The maximum Gasteiger partial charge on any atom is 0.265 e. The van der Waals surface area contributed by atoms with Crippen molar-refractivity contribution in [2.75, 3.05) is 5.32 Å². The summed E-state index contributed by atoms with van der Waals surface area (Å²) in [7, 11) is 0. The molecule has 1 amide bonds. The number of carbonyl (C=O) groups excluding carboxylic acids is 1. The summed E-state index contributed by atoms with van der Waals surface area (Å²) < 4.78 is 5.94. The molecule has 0 fully saturated rings. The fraction of sp³-hybridized carbons (Fsp3) is 0.350. The molecule has 1 unspecified atom stereocenters. The molecule has 0 aliphatic heterocycles. The van der Waals surface area contributed by atoms with Gasteiger partial charge < -0.3 is 10.1 Å². The zero-order valence-electron chi connectivity index (χ0n) is 14.3. The lowest BCUT2D eigenvalue weighted by Crippen LogP contribution is -2.32. The molecular weight excluding hydrogens is 286 g/mol. The molecule has 0 radical (unpaired) electrons. The van der Waals surface area contributed by atoms with Gasteiger partial charge in [0.15, 0.2) is 6.10 Å². The van der Waals surface area contributed by atoms with Crippen molar-refractivity contribution < 1.29 is 9.53 Å². The number of rotatable bonds is 6. The summed E-state index contributed by atoms with van der Waals surface area (Å²) in [6, 6.07) is 13.9. The van der Waals surface area contributed by atoms with Crippen molar-refractivity contribution in [3.05, 3.63) is 59.2 Å². The summed E-state index contributed by atoms with van der Waals surface area (Å²) in [4.78, 5) is 12.6. The van der Waals surface area contributed by atoms with E-state index in [1.807, 2.05) is 57.2 Å². The van der Waals surface area contributed by atoms with Crippen molar-refractivity contribution in [3.8, 4) is 5.75 Å². The minimum absolute atomic E-state index is 0.103. The molecule has 23 heavy (non-hydrogen) atoms. The lowest BCUT2D eigenvalue weighted by atomic mass is 10.1. The van der Waals surface area contributed by atoms with Gasteiger partial charge in [-0.05, 0) is 49.9 Å². The van der Waals surface area contributed by atoms with Gasteiger partial charge in [0.2, 0.25) is 0 Å². The van der Waals surface area contributed by atoms with Crippen LogP contribution in [-0.2, 0) is 11.2 Å². The van der Waals surface area contributed by atoms with E-state index in [9.17, 15) is 4.79 Å². The number of ether oxygens (including phenoxy) is 1. The second-order valence-electron chi connectivity index (χ2n) is 5.78. The second kappa shape index (κ2) is 7.82. The van der Waals surface area contributed by atoms with E-state index in [1.54, 1.807) is 0 Å². The molecule has 0 saturated carbocycles. The summed E-state index contributed by atoms with van der Waals surface area (Å²) in [5, 5.41) is 3.00. The molecule has 0 aromatic heterocycles. The van der Waals surface area contributed by atoms with Crippen LogP contribution in [0, 0.1) is 13.8 Å². The van der Waals surface area contributed by atoms with Crippen molar-refractivity contribution in [1.82, 2.24) is 0 Å². The standard InChI is InChI=1S/C20H25NO2/c1-5-16-9-7-8-10-17(16)21-20(22)18(6-2)23-19-12-11-14(3)13-15(19)4/h7-13,18H,5-6H2,1-4H3,(H,21,22). The molecule has 3 heteroatoms. The van der Waals surface area contributed by atoms with Gasteiger partial charge in [-0.15, -0.1) is 0 Å². The van der Waals surface area contributed by atoms with Gasteiger partial charge in [0, 0.05) is 5.69 Å². The first kappa shape index (κ1) is 17.1. The summed E-state index contributed by atoms with van der Waals surface area (Å²) in [5.41, 5.74) is 4.22. The normalized spacial score (nSPS) is 11.8. The first-order chi connectivity index (χ1) is 11.0. The summed E-state index contributed by atoms with van der Waals surface area (Å²) in [6.45, 7) is 8.08. The Morgan fingerprint density at radius 3 is 2.52 bits per heavy atom. The van der Waals surface area contributed by atoms with Crippen LogP contribution in [0.3, 0.4) is 0 Å².